The van der Waals surface area contributed by atoms with Crippen LogP contribution in [0.3, 0.4) is 0 Å². The summed E-state index contributed by atoms with van der Waals surface area (Å²) >= 11 is 1.31. The second-order valence-corrected chi connectivity index (χ2v) is 10.9. The molecule has 1 amide bonds. The number of aromatic nitrogens is 1. The molecule has 10 heteroatoms. The first-order valence-electron chi connectivity index (χ1n) is 12.7. The number of ether oxygens (including phenoxy) is 2. The van der Waals surface area contributed by atoms with Gasteiger partial charge < -0.3 is 14.4 Å². The van der Waals surface area contributed by atoms with Crippen molar-refractivity contribution >= 4 is 28.2 Å². The summed E-state index contributed by atoms with van der Waals surface area (Å²) in [6.07, 6.45) is -5.35. The van der Waals surface area contributed by atoms with Crippen LogP contribution >= 0.6 is 11.3 Å². The smallest absolute Gasteiger partial charge is 0.406 e. The van der Waals surface area contributed by atoms with Crippen LogP contribution < -0.4 is 9.47 Å². The van der Waals surface area contributed by atoms with Crippen molar-refractivity contribution in [3.63, 3.8) is 0 Å². The molecule has 4 aromatic rings. The molecule has 0 N–H and O–H groups in total. The van der Waals surface area contributed by atoms with E-state index >= 15 is 0 Å². The maximum absolute atomic E-state index is 13.1. The monoisotopic (exact) mass is 553 g/mol. The van der Waals surface area contributed by atoms with Gasteiger partial charge in [-0.3, -0.25) is 4.90 Å². The Kier molecular flexibility index (Phi) is 6.90. The van der Waals surface area contributed by atoms with E-state index in [9.17, 15) is 18.0 Å². The Labute approximate surface area is 227 Å². The SMILES string of the molecule is O=C(Oc1cscn1)N(Cc1cccc(OC(F)(F)F)c1)CC1C2CN(Cc3ccc4ccccc4c3)CC21. The largest absolute Gasteiger partial charge is 0.573 e. The van der Waals surface area contributed by atoms with Gasteiger partial charge in [-0.25, -0.2) is 9.78 Å². The first kappa shape index (κ1) is 25.6. The second kappa shape index (κ2) is 10.5. The molecule has 1 saturated heterocycles. The number of amides is 1. The molecular formula is C29H26F3N3O3S. The number of likely N-dealkylation sites (tertiary alicyclic amines) is 1. The molecule has 3 aromatic carbocycles. The number of nitrogens with zero attached hydrogens (tertiary/aromatic N) is 3. The maximum Gasteiger partial charge on any atom is 0.573 e. The number of benzene rings is 3. The number of alkyl halides is 3. The van der Waals surface area contributed by atoms with Gasteiger partial charge in [-0.1, -0.05) is 48.5 Å². The van der Waals surface area contributed by atoms with Crippen LogP contribution in [0.1, 0.15) is 11.1 Å². The summed E-state index contributed by atoms with van der Waals surface area (Å²) in [6, 6.07) is 20.6. The van der Waals surface area contributed by atoms with Crippen molar-refractivity contribution in [1.82, 2.24) is 14.8 Å². The first-order valence-corrected chi connectivity index (χ1v) is 13.6. The van der Waals surface area contributed by atoms with Crippen LogP contribution in [0.2, 0.25) is 0 Å². The van der Waals surface area contributed by atoms with Gasteiger partial charge in [0.15, 0.2) is 0 Å². The van der Waals surface area contributed by atoms with E-state index in [-0.39, 0.29) is 18.2 Å². The van der Waals surface area contributed by atoms with Gasteiger partial charge in [0.25, 0.3) is 0 Å². The highest BCUT2D eigenvalue weighted by atomic mass is 32.1. The Balaban J connectivity index is 1.10. The van der Waals surface area contributed by atoms with Crippen LogP contribution in [0.15, 0.2) is 77.6 Å². The van der Waals surface area contributed by atoms with Gasteiger partial charge in [0.2, 0.25) is 5.88 Å². The third-order valence-electron chi connectivity index (χ3n) is 7.46. The van der Waals surface area contributed by atoms with Gasteiger partial charge in [-0.05, 0) is 57.9 Å². The lowest BCUT2D eigenvalue weighted by Gasteiger charge is -2.25. The summed E-state index contributed by atoms with van der Waals surface area (Å²) in [5.74, 6) is 1.15. The van der Waals surface area contributed by atoms with E-state index in [1.165, 1.54) is 45.9 Å². The van der Waals surface area contributed by atoms with Crippen molar-refractivity contribution in [3.8, 4) is 11.6 Å². The first-order chi connectivity index (χ1) is 18.8. The van der Waals surface area contributed by atoms with Crippen molar-refractivity contribution < 1.29 is 27.4 Å². The Hall–Kier alpha value is -3.63. The van der Waals surface area contributed by atoms with Crippen molar-refractivity contribution in [2.45, 2.75) is 19.5 Å². The van der Waals surface area contributed by atoms with E-state index in [4.69, 9.17) is 4.74 Å². The highest BCUT2D eigenvalue weighted by Gasteiger charge is 2.56. The predicted molar refractivity (Wildman–Crippen MR) is 141 cm³/mol. The number of thiazole rings is 1. The molecule has 202 valence electrons. The third kappa shape index (κ3) is 6.17. The van der Waals surface area contributed by atoms with E-state index < -0.39 is 12.5 Å². The number of hydrogen-bond donors (Lipinski definition) is 0. The molecule has 2 aliphatic rings. The molecule has 2 fully saturated rings. The molecule has 1 saturated carbocycles. The molecule has 2 unspecified atom stereocenters. The molecule has 2 heterocycles. The standard InChI is InChI=1S/C29H26F3N3O3S/c30-29(31,32)38-23-7-3-4-19(11-23)13-35(28(36)37-27-17-39-18-33-27)16-26-24-14-34(15-25(24)26)12-20-8-9-21-5-1-2-6-22(21)10-20/h1-11,17-18,24-26H,12-16H2. The number of piperidine rings is 1. The summed E-state index contributed by atoms with van der Waals surface area (Å²) in [4.78, 5) is 21.1. The molecule has 6 rings (SSSR count). The molecule has 39 heavy (non-hydrogen) atoms. The number of fused-ring (bicyclic) bond motifs is 2. The molecule has 6 nitrogen and oxygen atoms in total. The summed E-state index contributed by atoms with van der Waals surface area (Å²) in [6.45, 7) is 3.35. The van der Waals surface area contributed by atoms with Gasteiger partial charge in [0.05, 0.1) is 10.9 Å². The zero-order chi connectivity index (χ0) is 27.0. The van der Waals surface area contributed by atoms with E-state index in [1.54, 1.807) is 21.9 Å². The van der Waals surface area contributed by atoms with E-state index in [0.717, 1.165) is 19.6 Å². The molecule has 0 radical (unpaired) electrons. The number of hydrogen-bond acceptors (Lipinski definition) is 6. The third-order valence-corrected chi connectivity index (χ3v) is 8.03. The minimum Gasteiger partial charge on any atom is -0.406 e. The normalized spacial score (nSPS) is 20.5. The lowest BCUT2D eigenvalue weighted by atomic mass is 10.1. The van der Waals surface area contributed by atoms with Gasteiger partial charge in [0, 0.05) is 32.7 Å². The fourth-order valence-electron chi connectivity index (χ4n) is 5.66. The zero-order valence-corrected chi connectivity index (χ0v) is 21.7. The van der Waals surface area contributed by atoms with Crippen molar-refractivity contribution in [2.75, 3.05) is 19.6 Å². The highest BCUT2D eigenvalue weighted by molar-refractivity contribution is 7.07. The summed E-state index contributed by atoms with van der Waals surface area (Å²) < 4.78 is 47.6. The second-order valence-electron chi connectivity index (χ2n) is 10.1. The lowest BCUT2D eigenvalue weighted by Crippen LogP contribution is -2.36. The highest BCUT2D eigenvalue weighted by Crippen LogP contribution is 2.52. The molecule has 0 spiro atoms. The summed E-state index contributed by atoms with van der Waals surface area (Å²) in [7, 11) is 0. The Morgan fingerprint density at radius 1 is 1.00 bits per heavy atom. The van der Waals surface area contributed by atoms with Crippen LogP contribution in [0.4, 0.5) is 18.0 Å². The van der Waals surface area contributed by atoms with Gasteiger partial charge in [-0.15, -0.1) is 24.5 Å². The van der Waals surface area contributed by atoms with E-state index in [0.29, 0.717) is 29.9 Å². The van der Waals surface area contributed by atoms with Crippen LogP contribution in [-0.4, -0.2) is 46.9 Å². The molecule has 1 aliphatic carbocycles. The van der Waals surface area contributed by atoms with Gasteiger partial charge >= 0.3 is 12.5 Å². The Morgan fingerprint density at radius 3 is 2.54 bits per heavy atom. The van der Waals surface area contributed by atoms with Gasteiger partial charge in [0.1, 0.15) is 5.75 Å². The molecule has 1 aliphatic heterocycles. The topological polar surface area (TPSA) is 54.9 Å². The van der Waals surface area contributed by atoms with E-state index in [2.05, 4.69) is 45.0 Å². The molecule has 0 bridgehead atoms. The van der Waals surface area contributed by atoms with Crippen LogP contribution in [-0.2, 0) is 13.1 Å². The molecular weight excluding hydrogens is 527 g/mol. The minimum absolute atomic E-state index is 0.106. The average molecular weight is 554 g/mol. The fraction of sp³-hybridized carbons (Fsp3) is 0.310. The predicted octanol–water partition coefficient (Wildman–Crippen LogP) is 6.57. The Morgan fingerprint density at radius 2 is 1.79 bits per heavy atom. The number of halogens is 3. The lowest BCUT2D eigenvalue weighted by molar-refractivity contribution is -0.274. The number of carbonyl (C=O) groups is 1. The van der Waals surface area contributed by atoms with Crippen LogP contribution in [0.25, 0.3) is 10.8 Å². The molecule has 1 aromatic heterocycles. The summed E-state index contributed by atoms with van der Waals surface area (Å²) in [5.41, 5.74) is 3.37. The van der Waals surface area contributed by atoms with Gasteiger partial charge in [-0.2, -0.15) is 0 Å². The van der Waals surface area contributed by atoms with Crippen LogP contribution in [0, 0.1) is 17.8 Å². The minimum atomic E-state index is -4.79. The van der Waals surface area contributed by atoms with E-state index in [1.807, 2.05) is 12.1 Å². The number of rotatable bonds is 8. The maximum atomic E-state index is 13.1. The summed E-state index contributed by atoms with van der Waals surface area (Å²) in [5, 5.41) is 4.09. The zero-order valence-electron chi connectivity index (χ0n) is 20.9. The van der Waals surface area contributed by atoms with Crippen LogP contribution in [0.5, 0.6) is 11.6 Å². The molecule has 2 atom stereocenters. The van der Waals surface area contributed by atoms with Crippen molar-refractivity contribution in [2.24, 2.45) is 17.8 Å². The fourth-order valence-corrected chi connectivity index (χ4v) is 6.11. The Bertz CT molecular complexity index is 1450. The van der Waals surface area contributed by atoms with Crippen molar-refractivity contribution in [1.29, 1.82) is 0 Å². The number of carbonyl (C=O) groups excluding carboxylic acids is 1. The quantitative estimate of drug-likeness (QED) is 0.247. The van der Waals surface area contributed by atoms with Crippen molar-refractivity contribution in [3.05, 3.63) is 88.7 Å². The average Bonchev–Trinajstić information content (AvgIpc) is 3.24.